The third kappa shape index (κ3) is 11.2. The number of rotatable bonds is 1. The zero-order valence-corrected chi connectivity index (χ0v) is 8.07. The molecule has 0 aromatic rings. The van der Waals surface area contributed by atoms with Crippen molar-refractivity contribution in [2.24, 2.45) is 0 Å². The summed E-state index contributed by atoms with van der Waals surface area (Å²) in [5, 5.41) is 0. The minimum Gasteiger partial charge on any atom is -0.735 e. The van der Waals surface area contributed by atoms with Crippen molar-refractivity contribution in [3.8, 4) is 0 Å². The van der Waals surface area contributed by atoms with Crippen LogP contribution in [-0.4, -0.2) is 20.0 Å². The van der Waals surface area contributed by atoms with Gasteiger partial charge in [0, 0.05) is 0 Å². The van der Waals surface area contributed by atoms with E-state index < -0.39 is 10.3 Å². The van der Waals surface area contributed by atoms with Crippen molar-refractivity contribution in [1.82, 2.24) is 4.72 Å². The Balaban J connectivity index is 0. The molecule has 0 amide bonds. The first kappa shape index (κ1) is 11.3. The third-order valence-electron chi connectivity index (χ3n) is 0.250. The van der Waals surface area contributed by atoms with E-state index in [0.717, 1.165) is 7.05 Å². The predicted octanol–water partition coefficient (Wildman–Crippen LogP) is -4.33. The molecule has 1 N–H and O–H groups in total. The Morgan fingerprint density at radius 3 is 1.71 bits per heavy atom. The van der Waals surface area contributed by atoms with E-state index in [1.165, 1.54) is 4.72 Å². The van der Waals surface area contributed by atoms with E-state index in [9.17, 15) is 13.0 Å². The Hall–Kier alpha value is 1.51. The van der Waals surface area contributed by atoms with Gasteiger partial charge in [0.1, 0.15) is 0 Å². The molecule has 0 aliphatic heterocycles. The van der Waals surface area contributed by atoms with Crippen molar-refractivity contribution in [2.45, 2.75) is 0 Å². The molecule has 0 aliphatic carbocycles. The molecule has 7 heavy (non-hydrogen) atoms. The van der Waals surface area contributed by atoms with Gasteiger partial charge in [0.15, 0.2) is 10.3 Å². The fourth-order valence-electron chi connectivity index (χ4n) is 0. The van der Waals surface area contributed by atoms with E-state index in [1.54, 1.807) is 0 Å². The summed E-state index contributed by atoms with van der Waals surface area (Å²) >= 11 is 0. The Kier molecular flexibility index (Phi) is 7.10. The van der Waals surface area contributed by atoms with Crippen LogP contribution in [0.1, 0.15) is 0 Å². The van der Waals surface area contributed by atoms with Gasteiger partial charge >= 0.3 is 51.4 Å². The molecule has 38 valence electrons. The Labute approximate surface area is 85.0 Å². The number of hydrogen-bond acceptors (Lipinski definition) is 3. The van der Waals surface area contributed by atoms with Gasteiger partial charge in [0.25, 0.3) is 0 Å². The van der Waals surface area contributed by atoms with Crippen LogP contribution in [0, 0.1) is 0 Å². The molecule has 0 unspecified atom stereocenters. The van der Waals surface area contributed by atoms with Crippen LogP contribution in [0.3, 0.4) is 0 Å². The average Bonchev–Trinajstić information content (AvgIpc) is 1.35. The van der Waals surface area contributed by atoms with Gasteiger partial charge in [0.2, 0.25) is 0 Å². The van der Waals surface area contributed by atoms with Gasteiger partial charge in [-0.1, -0.05) is 0 Å². The predicted molar refractivity (Wildman–Crippen MR) is 18.8 cm³/mol. The van der Waals surface area contributed by atoms with Crippen LogP contribution >= 0.6 is 0 Å². The molecule has 0 saturated heterocycles. The number of nitrogens with one attached hydrogen (secondary N) is 1. The smallest absolute Gasteiger partial charge is 0.735 e. The minimum absolute atomic E-state index is 0. The molecular weight excluding hydrogens is 145 g/mol. The summed E-state index contributed by atoms with van der Waals surface area (Å²) in [6.45, 7) is 0. The molecule has 0 aromatic heterocycles. The fraction of sp³-hybridized carbons (Fsp3) is 1.00. The van der Waals surface area contributed by atoms with Crippen LogP contribution in [0.5, 0.6) is 0 Å². The van der Waals surface area contributed by atoms with Gasteiger partial charge in [-0.15, -0.1) is 0 Å². The number of hydrogen-bond donors (Lipinski definition) is 1. The van der Waals surface area contributed by atoms with Crippen molar-refractivity contribution < 1.29 is 64.4 Å². The van der Waals surface area contributed by atoms with Gasteiger partial charge in [-0.25, -0.2) is 13.1 Å². The van der Waals surface area contributed by atoms with Crippen LogP contribution in [0.2, 0.25) is 0 Å². The Morgan fingerprint density at radius 1 is 1.57 bits per heavy atom. The topological polar surface area (TPSA) is 69.2 Å². The largest absolute Gasteiger partial charge is 1.00 e. The standard InChI is InChI=1S/CH5NO3S.K/c1-2-6(3,4)5;/h2H,1H3,(H,3,4,5);/q;+1/p-1. The van der Waals surface area contributed by atoms with Crippen molar-refractivity contribution in [1.29, 1.82) is 0 Å². The summed E-state index contributed by atoms with van der Waals surface area (Å²) in [6, 6.07) is 0. The van der Waals surface area contributed by atoms with Crippen LogP contribution in [0.25, 0.3) is 0 Å². The molecule has 0 spiro atoms. The zero-order valence-electron chi connectivity index (χ0n) is 4.13. The van der Waals surface area contributed by atoms with E-state index in [1.807, 2.05) is 0 Å². The first-order chi connectivity index (χ1) is 2.56. The first-order valence-corrected chi connectivity index (χ1v) is 2.61. The summed E-state index contributed by atoms with van der Waals surface area (Å²) in [7, 11) is -3.10. The maximum Gasteiger partial charge on any atom is 1.00 e. The van der Waals surface area contributed by atoms with Crippen molar-refractivity contribution >= 4 is 10.3 Å². The summed E-state index contributed by atoms with van der Waals surface area (Å²) < 4.78 is 29.5. The molecule has 0 aromatic carbocycles. The fourth-order valence-corrected chi connectivity index (χ4v) is 0. The second kappa shape index (κ2) is 4.39. The minimum atomic E-state index is -4.16. The second-order valence-electron chi connectivity index (χ2n) is 0.658. The molecule has 0 heterocycles. The molecule has 0 aliphatic rings. The SMILES string of the molecule is CNS(=O)(=O)[O-].[K+]. The molecule has 4 nitrogen and oxygen atoms in total. The Morgan fingerprint density at radius 2 is 1.71 bits per heavy atom. The summed E-state index contributed by atoms with van der Waals surface area (Å²) in [6.07, 6.45) is 0. The zero-order chi connectivity index (χ0) is 5.21. The van der Waals surface area contributed by atoms with Crippen LogP contribution in [0.15, 0.2) is 0 Å². The van der Waals surface area contributed by atoms with Gasteiger partial charge < -0.3 is 4.55 Å². The quantitative estimate of drug-likeness (QED) is 0.303. The van der Waals surface area contributed by atoms with E-state index in [-0.39, 0.29) is 51.4 Å². The van der Waals surface area contributed by atoms with Gasteiger partial charge in [-0.05, 0) is 7.05 Å². The summed E-state index contributed by atoms with van der Waals surface area (Å²) in [4.78, 5) is 0. The molecule has 0 radical (unpaired) electrons. The second-order valence-corrected chi connectivity index (χ2v) is 1.97. The van der Waals surface area contributed by atoms with E-state index in [4.69, 9.17) is 0 Å². The molecule has 0 saturated carbocycles. The van der Waals surface area contributed by atoms with Gasteiger partial charge in [0.05, 0.1) is 0 Å². The molecule has 0 atom stereocenters. The Bertz CT molecular complexity index is 117. The molecule has 6 heteroatoms. The van der Waals surface area contributed by atoms with Crippen LogP contribution in [0.4, 0.5) is 0 Å². The summed E-state index contributed by atoms with van der Waals surface area (Å²) in [5.74, 6) is 0. The average molecular weight is 149 g/mol. The van der Waals surface area contributed by atoms with Crippen molar-refractivity contribution in [3.63, 3.8) is 0 Å². The normalized spacial score (nSPS) is 10.0. The summed E-state index contributed by atoms with van der Waals surface area (Å²) in [5.41, 5.74) is 0. The van der Waals surface area contributed by atoms with Gasteiger partial charge in [-0.3, -0.25) is 0 Å². The van der Waals surface area contributed by atoms with Crippen molar-refractivity contribution in [2.75, 3.05) is 7.05 Å². The monoisotopic (exact) mass is 149 g/mol. The van der Waals surface area contributed by atoms with E-state index in [2.05, 4.69) is 0 Å². The van der Waals surface area contributed by atoms with E-state index >= 15 is 0 Å². The molecule has 0 bridgehead atoms. The van der Waals surface area contributed by atoms with Gasteiger partial charge in [-0.2, -0.15) is 0 Å². The van der Waals surface area contributed by atoms with Crippen LogP contribution in [-0.2, 0) is 10.3 Å². The molecular formula is CH4KNO3S. The van der Waals surface area contributed by atoms with Crippen LogP contribution < -0.4 is 56.1 Å². The first-order valence-electron chi connectivity index (χ1n) is 1.20. The maximum absolute atomic E-state index is 9.33. The van der Waals surface area contributed by atoms with Crippen molar-refractivity contribution in [3.05, 3.63) is 0 Å². The molecule has 0 rings (SSSR count). The molecule has 0 fully saturated rings. The van der Waals surface area contributed by atoms with E-state index in [0.29, 0.717) is 0 Å². The third-order valence-corrected chi connectivity index (χ3v) is 0.750. The maximum atomic E-state index is 9.33.